The Labute approximate surface area is 118 Å². The number of carbonyl (C=O) groups is 1. The third-order valence-electron chi connectivity index (χ3n) is 2.45. The molecule has 1 aromatic rings. The van der Waals surface area contributed by atoms with Gasteiger partial charge in [0.25, 0.3) is 0 Å². The summed E-state index contributed by atoms with van der Waals surface area (Å²) in [5, 5.41) is 3.41. The first kappa shape index (κ1) is 15.4. The number of benzene rings is 1. The highest BCUT2D eigenvalue weighted by Gasteiger charge is 2.08. The van der Waals surface area contributed by atoms with Crippen LogP contribution in [-0.2, 0) is 4.79 Å². The molecular weight excluding hydrogens is 264 g/mol. The summed E-state index contributed by atoms with van der Waals surface area (Å²) in [7, 11) is 1.72. The van der Waals surface area contributed by atoms with Crippen molar-refractivity contribution in [1.82, 2.24) is 10.2 Å². The van der Waals surface area contributed by atoms with Gasteiger partial charge >= 0.3 is 0 Å². The average molecular weight is 281 g/mol. The number of carbonyl (C=O) groups excluding carboxylic acids is 1. The minimum absolute atomic E-state index is 0.0296. The van der Waals surface area contributed by atoms with Crippen LogP contribution < -0.4 is 10.1 Å². The molecule has 0 aromatic heterocycles. The second-order valence-corrected chi connectivity index (χ2v) is 4.31. The zero-order valence-corrected chi connectivity index (χ0v) is 11.6. The Morgan fingerprint density at radius 3 is 2.95 bits per heavy atom. The van der Waals surface area contributed by atoms with Gasteiger partial charge in [0, 0.05) is 7.05 Å². The van der Waals surface area contributed by atoms with E-state index in [9.17, 15) is 4.79 Å². The molecule has 1 aromatic carbocycles. The van der Waals surface area contributed by atoms with E-state index in [1.807, 2.05) is 12.1 Å². The number of amides is 1. The summed E-state index contributed by atoms with van der Waals surface area (Å²) in [6.07, 6.45) is 5.08. The lowest BCUT2D eigenvalue weighted by Crippen LogP contribution is -2.37. The number of ether oxygens (including phenoxy) is 1. The zero-order valence-electron chi connectivity index (χ0n) is 10.9. The number of para-hydroxylation sites is 1. The SMILES string of the molecule is C#CCNCC(=O)N(C)CCOc1ccccc1Cl. The Kier molecular flexibility index (Phi) is 6.80. The van der Waals surface area contributed by atoms with Crippen LogP contribution in [-0.4, -0.2) is 44.1 Å². The zero-order chi connectivity index (χ0) is 14.1. The fourth-order valence-corrected chi connectivity index (χ4v) is 1.55. The van der Waals surface area contributed by atoms with Gasteiger partial charge < -0.3 is 9.64 Å². The molecule has 102 valence electrons. The molecular formula is C14H17ClN2O2. The van der Waals surface area contributed by atoms with Gasteiger partial charge in [0.1, 0.15) is 12.4 Å². The van der Waals surface area contributed by atoms with E-state index >= 15 is 0 Å². The van der Waals surface area contributed by atoms with E-state index in [0.717, 1.165) is 0 Å². The molecule has 0 aliphatic carbocycles. The lowest BCUT2D eigenvalue weighted by atomic mass is 10.3. The lowest BCUT2D eigenvalue weighted by molar-refractivity contribution is -0.129. The molecule has 1 rings (SSSR count). The molecule has 0 aliphatic heterocycles. The van der Waals surface area contributed by atoms with Crippen LogP contribution in [0.3, 0.4) is 0 Å². The molecule has 0 fully saturated rings. The number of rotatable bonds is 7. The van der Waals surface area contributed by atoms with Crippen LogP contribution in [0.4, 0.5) is 0 Å². The smallest absolute Gasteiger partial charge is 0.236 e. The van der Waals surface area contributed by atoms with Gasteiger partial charge in [-0.3, -0.25) is 10.1 Å². The fourth-order valence-electron chi connectivity index (χ4n) is 1.36. The maximum Gasteiger partial charge on any atom is 0.236 e. The van der Waals surface area contributed by atoms with Gasteiger partial charge in [-0.05, 0) is 12.1 Å². The molecule has 1 amide bonds. The molecule has 0 aliphatic rings. The van der Waals surface area contributed by atoms with Gasteiger partial charge in [-0.1, -0.05) is 29.7 Å². The Balaban J connectivity index is 2.27. The monoisotopic (exact) mass is 280 g/mol. The van der Waals surface area contributed by atoms with Crippen molar-refractivity contribution in [3.05, 3.63) is 29.3 Å². The van der Waals surface area contributed by atoms with Crippen molar-refractivity contribution in [2.45, 2.75) is 0 Å². The van der Waals surface area contributed by atoms with Gasteiger partial charge in [0.15, 0.2) is 0 Å². The first-order valence-electron chi connectivity index (χ1n) is 5.90. The number of halogens is 1. The Morgan fingerprint density at radius 1 is 1.53 bits per heavy atom. The minimum atomic E-state index is -0.0296. The number of terminal acetylenes is 1. The second kappa shape index (κ2) is 8.41. The number of nitrogens with one attached hydrogen (secondary N) is 1. The van der Waals surface area contributed by atoms with Crippen LogP contribution in [0.15, 0.2) is 24.3 Å². The van der Waals surface area contributed by atoms with E-state index in [1.54, 1.807) is 24.1 Å². The van der Waals surface area contributed by atoms with Gasteiger partial charge in [0.05, 0.1) is 24.7 Å². The summed E-state index contributed by atoms with van der Waals surface area (Å²) in [4.78, 5) is 13.2. The van der Waals surface area contributed by atoms with Crippen LogP contribution in [0.25, 0.3) is 0 Å². The molecule has 0 heterocycles. The van der Waals surface area contributed by atoms with E-state index in [1.165, 1.54) is 0 Å². The molecule has 0 saturated carbocycles. The van der Waals surface area contributed by atoms with Crippen LogP contribution in [0.2, 0.25) is 5.02 Å². The van der Waals surface area contributed by atoms with E-state index < -0.39 is 0 Å². The largest absolute Gasteiger partial charge is 0.490 e. The summed E-state index contributed by atoms with van der Waals surface area (Å²) in [6, 6.07) is 7.23. The fraction of sp³-hybridized carbons (Fsp3) is 0.357. The van der Waals surface area contributed by atoms with Crippen molar-refractivity contribution in [1.29, 1.82) is 0 Å². The van der Waals surface area contributed by atoms with Crippen molar-refractivity contribution in [3.8, 4) is 18.1 Å². The lowest BCUT2D eigenvalue weighted by Gasteiger charge is -2.17. The minimum Gasteiger partial charge on any atom is -0.490 e. The molecule has 4 nitrogen and oxygen atoms in total. The Hall–Kier alpha value is -1.70. The van der Waals surface area contributed by atoms with E-state index in [4.69, 9.17) is 22.8 Å². The van der Waals surface area contributed by atoms with Crippen LogP contribution in [0, 0.1) is 12.3 Å². The van der Waals surface area contributed by atoms with Gasteiger partial charge in [-0.25, -0.2) is 0 Å². The first-order valence-corrected chi connectivity index (χ1v) is 6.28. The quantitative estimate of drug-likeness (QED) is 0.606. The van der Waals surface area contributed by atoms with Crippen molar-refractivity contribution < 1.29 is 9.53 Å². The van der Waals surface area contributed by atoms with E-state index in [0.29, 0.717) is 30.5 Å². The molecule has 0 radical (unpaired) electrons. The highest BCUT2D eigenvalue weighted by Crippen LogP contribution is 2.22. The highest BCUT2D eigenvalue weighted by molar-refractivity contribution is 6.32. The molecule has 19 heavy (non-hydrogen) atoms. The van der Waals surface area contributed by atoms with Crippen molar-refractivity contribution >= 4 is 17.5 Å². The number of hydrogen-bond acceptors (Lipinski definition) is 3. The topological polar surface area (TPSA) is 41.6 Å². The summed E-state index contributed by atoms with van der Waals surface area (Å²) in [6.45, 7) is 1.49. The maximum absolute atomic E-state index is 11.6. The molecule has 1 N–H and O–H groups in total. The predicted molar refractivity (Wildman–Crippen MR) is 76.3 cm³/mol. The number of likely N-dealkylation sites (N-methyl/N-ethyl adjacent to an activating group) is 1. The predicted octanol–water partition coefficient (Wildman–Crippen LogP) is 1.40. The average Bonchev–Trinajstić information content (AvgIpc) is 2.41. The molecule has 0 saturated heterocycles. The Morgan fingerprint density at radius 2 is 2.26 bits per heavy atom. The Bertz CT molecular complexity index is 457. The van der Waals surface area contributed by atoms with Crippen LogP contribution in [0.5, 0.6) is 5.75 Å². The van der Waals surface area contributed by atoms with Gasteiger partial charge in [-0.2, -0.15) is 0 Å². The van der Waals surface area contributed by atoms with Crippen molar-refractivity contribution in [2.75, 3.05) is 33.3 Å². The molecule has 0 bridgehead atoms. The van der Waals surface area contributed by atoms with E-state index in [2.05, 4.69) is 11.2 Å². The van der Waals surface area contributed by atoms with Crippen LogP contribution in [0.1, 0.15) is 0 Å². The van der Waals surface area contributed by atoms with Gasteiger partial charge in [-0.15, -0.1) is 6.42 Å². The third-order valence-corrected chi connectivity index (χ3v) is 2.76. The van der Waals surface area contributed by atoms with E-state index in [-0.39, 0.29) is 12.5 Å². The third kappa shape index (κ3) is 5.64. The van der Waals surface area contributed by atoms with Crippen molar-refractivity contribution in [2.24, 2.45) is 0 Å². The summed E-state index contributed by atoms with van der Waals surface area (Å²) in [5.41, 5.74) is 0. The summed E-state index contributed by atoms with van der Waals surface area (Å²) < 4.78 is 5.50. The standard InChI is InChI=1S/C14H17ClN2O2/c1-3-8-16-11-14(18)17(2)9-10-19-13-7-5-4-6-12(13)15/h1,4-7,16H,8-11H2,2H3. The van der Waals surface area contributed by atoms with Crippen molar-refractivity contribution in [3.63, 3.8) is 0 Å². The van der Waals surface area contributed by atoms with Gasteiger partial charge in [0.2, 0.25) is 5.91 Å². The summed E-state index contributed by atoms with van der Waals surface area (Å²) >= 11 is 5.95. The number of hydrogen-bond donors (Lipinski definition) is 1. The maximum atomic E-state index is 11.6. The summed E-state index contributed by atoms with van der Waals surface area (Å²) in [5.74, 6) is 3.00. The normalized spacial score (nSPS) is 9.74. The first-order chi connectivity index (χ1) is 9.15. The van der Waals surface area contributed by atoms with Crippen LogP contribution >= 0.6 is 11.6 Å². The molecule has 0 spiro atoms. The molecule has 0 unspecified atom stereocenters. The molecule has 5 heteroatoms. The highest BCUT2D eigenvalue weighted by atomic mass is 35.5. The molecule has 0 atom stereocenters. The number of nitrogens with zero attached hydrogens (tertiary/aromatic N) is 1. The second-order valence-electron chi connectivity index (χ2n) is 3.90.